The lowest BCUT2D eigenvalue weighted by atomic mass is 9.55. The third-order valence-electron chi connectivity index (χ3n) is 7.56. The zero-order valence-electron chi connectivity index (χ0n) is 21.2. The molecule has 3 aliphatic carbocycles. The summed E-state index contributed by atoms with van der Waals surface area (Å²) in [4.78, 5) is 3.79. The van der Waals surface area contributed by atoms with E-state index in [1.165, 1.54) is 35.7 Å². The smallest absolute Gasteiger partial charge is 0.263 e. The van der Waals surface area contributed by atoms with Crippen molar-refractivity contribution in [3.63, 3.8) is 0 Å². The van der Waals surface area contributed by atoms with Crippen molar-refractivity contribution in [2.24, 2.45) is 0 Å². The van der Waals surface area contributed by atoms with Crippen molar-refractivity contribution < 1.29 is 22.6 Å². The number of nitrogens with zero attached hydrogens (tertiary/aromatic N) is 3. The van der Waals surface area contributed by atoms with Crippen molar-refractivity contribution in [2.75, 3.05) is 25.5 Å². The predicted octanol–water partition coefficient (Wildman–Crippen LogP) is 4.83. The Morgan fingerprint density at radius 1 is 1.05 bits per heavy atom. The van der Waals surface area contributed by atoms with E-state index in [-0.39, 0.29) is 28.1 Å². The molecule has 7 rings (SSSR count). The number of sulfonamides is 1. The monoisotopic (exact) mass is 560 g/mol. The summed E-state index contributed by atoms with van der Waals surface area (Å²) >= 11 is 0.921. The van der Waals surface area contributed by atoms with E-state index in [0.29, 0.717) is 5.75 Å². The lowest BCUT2D eigenvalue weighted by Crippen LogP contribution is -2.45. The number of benzene rings is 3. The van der Waals surface area contributed by atoms with Gasteiger partial charge in [-0.3, -0.25) is 4.72 Å². The van der Waals surface area contributed by atoms with Gasteiger partial charge in [0.05, 0.1) is 30.1 Å². The SMILES string of the molecule is COc1cccc2c1C1(COc3ccc(S(=O)(=O)Nc4ncns4)cc3C#N)CCC2c2cccc(OC)c21. The molecule has 0 radical (unpaired) electrons. The van der Waals surface area contributed by atoms with Gasteiger partial charge in [0, 0.05) is 28.6 Å². The number of hydrogen-bond donors (Lipinski definition) is 1. The van der Waals surface area contributed by atoms with E-state index in [2.05, 4.69) is 32.3 Å². The number of methoxy groups -OCH3 is 2. The lowest BCUT2D eigenvalue weighted by molar-refractivity contribution is 0.200. The normalized spacial score (nSPS) is 18.9. The van der Waals surface area contributed by atoms with Crippen LogP contribution in [0.25, 0.3) is 0 Å². The molecule has 39 heavy (non-hydrogen) atoms. The third-order valence-corrected chi connectivity index (χ3v) is 9.61. The molecule has 0 spiro atoms. The van der Waals surface area contributed by atoms with Crippen LogP contribution in [0.1, 0.15) is 46.6 Å². The van der Waals surface area contributed by atoms with Crippen LogP contribution < -0.4 is 18.9 Å². The molecule has 0 fully saturated rings. The van der Waals surface area contributed by atoms with Gasteiger partial charge in [0.2, 0.25) is 5.13 Å². The Bertz CT molecular complexity index is 1660. The summed E-state index contributed by atoms with van der Waals surface area (Å²) in [6.45, 7) is 0.213. The fourth-order valence-corrected chi connectivity index (χ4v) is 7.67. The highest BCUT2D eigenvalue weighted by Gasteiger charge is 2.52. The van der Waals surface area contributed by atoms with Crippen molar-refractivity contribution >= 4 is 26.7 Å². The van der Waals surface area contributed by atoms with Crippen LogP contribution in [0.2, 0.25) is 0 Å². The molecule has 1 aromatic heterocycles. The highest BCUT2D eigenvalue weighted by atomic mass is 32.2. The number of aromatic nitrogens is 2. The minimum Gasteiger partial charge on any atom is -0.496 e. The Labute approximate surface area is 230 Å². The summed E-state index contributed by atoms with van der Waals surface area (Å²) in [5.74, 6) is 2.08. The molecule has 11 heteroatoms. The zero-order chi connectivity index (χ0) is 27.2. The van der Waals surface area contributed by atoms with Crippen LogP contribution in [0, 0.1) is 11.3 Å². The molecule has 0 aliphatic heterocycles. The zero-order valence-corrected chi connectivity index (χ0v) is 22.8. The summed E-state index contributed by atoms with van der Waals surface area (Å²) in [5, 5.41) is 10.0. The number of nitrogens with one attached hydrogen (secondary N) is 1. The second-order valence-electron chi connectivity index (χ2n) is 9.43. The topological polar surface area (TPSA) is 123 Å². The standard InChI is InChI=1S/C28H24N4O5S2/c1-35-23-7-3-5-20-19-11-12-28(25(20)23,26-21(19)6-4-8-24(26)36-2)15-37-22-10-9-18(13-17(22)14-29)39(33,34)32-27-30-16-31-38-27/h3-10,13,16,19H,11-12,15H2,1-2H3,(H,30,31,32). The number of rotatable bonds is 8. The summed E-state index contributed by atoms with van der Waals surface area (Å²) in [6, 6.07) is 18.5. The first kappa shape index (κ1) is 25.2. The van der Waals surface area contributed by atoms with Crippen molar-refractivity contribution in [3.8, 4) is 23.3 Å². The fraction of sp³-hybridized carbons (Fsp3) is 0.250. The van der Waals surface area contributed by atoms with Gasteiger partial charge in [0.15, 0.2) is 0 Å². The number of anilines is 1. The average molecular weight is 561 g/mol. The molecule has 198 valence electrons. The predicted molar refractivity (Wildman–Crippen MR) is 145 cm³/mol. The van der Waals surface area contributed by atoms with E-state index >= 15 is 0 Å². The first-order chi connectivity index (χ1) is 18.9. The largest absolute Gasteiger partial charge is 0.496 e. The number of nitriles is 1. The summed E-state index contributed by atoms with van der Waals surface area (Å²) in [6.07, 6.45) is 3.00. The van der Waals surface area contributed by atoms with Gasteiger partial charge in [-0.05, 0) is 54.3 Å². The quantitative estimate of drug-likeness (QED) is 0.325. The van der Waals surface area contributed by atoms with E-state index in [0.717, 1.165) is 47.0 Å². The number of fused-ring (bicyclic) bond motifs is 1. The highest BCUT2D eigenvalue weighted by molar-refractivity contribution is 7.93. The summed E-state index contributed by atoms with van der Waals surface area (Å²) in [5.41, 5.74) is 4.07. The Balaban J connectivity index is 1.41. The number of hydrogen-bond acceptors (Lipinski definition) is 9. The molecule has 2 bridgehead atoms. The van der Waals surface area contributed by atoms with Crippen molar-refractivity contribution in [3.05, 3.63) is 88.7 Å². The molecular weight excluding hydrogens is 536 g/mol. The van der Waals surface area contributed by atoms with E-state index in [4.69, 9.17) is 14.2 Å². The van der Waals surface area contributed by atoms with Crippen LogP contribution in [0.3, 0.4) is 0 Å². The highest BCUT2D eigenvalue weighted by Crippen LogP contribution is 2.60. The molecule has 1 heterocycles. The van der Waals surface area contributed by atoms with Crippen LogP contribution >= 0.6 is 11.5 Å². The van der Waals surface area contributed by atoms with Gasteiger partial charge in [-0.1, -0.05) is 24.3 Å². The Morgan fingerprint density at radius 3 is 2.33 bits per heavy atom. The van der Waals surface area contributed by atoms with Crippen LogP contribution in [0.15, 0.2) is 65.8 Å². The second kappa shape index (κ2) is 9.55. The minimum atomic E-state index is -3.96. The minimum absolute atomic E-state index is 0.0723. The lowest BCUT2D eigenvalue weighted by Gasteiger charge is -2.49. The molecule has 0 atom stereocenters. The fourth-order valence-electron chi connectivity index (χ4n) is 5.98. The third kappa shape index (κ3) is 3.99. The van der Waals surface area contributed by atoms with Crippen molar-refractivity contribution in [1.29, 1.82) is 5.26 Å². The molecule has 0 saturated carbocycles. The van der Waals surface area contributed by atoms with Gasteiger partial charge in [-0.25, -0.2) is 13.4 Å². The maximum absolute atomic E-state index is 12.9. The first-order valence-corrected chi connectivity index (χ1v) is 14.5. The van der Waals surface area contributed by atoms with Gasteiger partial charge < -0.3 is 14.2 Å². The molecule has 1 N–H and O–H groups in total. The van der Waals surface area contributed by atoms with Gasteiger partial charge in [0.25, 0.3) is 10.0 Å². The van der Waals surface area contributed by atoms with Gasteiger partial charge in [-0.15, -0.1) is 0 Å². The first-order valence-electron chi connectivity index (χ1n) is 12.2. The van der Waals surface area contributed by atoms with Crippen LogP contribution in [0.5, 0.6) is 17.2 Å². The Hall–Kier alpha value is -4.14. The summed E-state index contributed by atoms with van der Waals surface area (Å²) < 4.78 is 50.0. The Morgan fingerprint density at radius 2 is 1.74 bits per heavy atom. The molecule has 9 nitrogen and oxygen atoms in total. The van der Waals surface area contributed by atoms with Gasteiger partial charge >= 0.3 is 0 Å². The van der Waals surface area contributed by atoms with Crippen molar-refractivity contribution in [2.45, 2.75) is 29.1 Å². The van der Waals surface area contributed by atoms with Gasteiger partial charge in [0.1, 0.15) is 36.3 Å². The van der Waals surface area contributed by atoms with E-state index in [1.807, 2.05) is 24.3 Å². The second-order valence-corrected chi connectivity index (χ2v) is 11.9. The summed E-state index contributed by atoms with van der Waals surface area (Å²) in [7, 11) is -0.628. The Kier molecular flexibility index (Phi) is 6.16. The molecule has 3 aromatic carbocycles. The molecular formula is C28H24N4O5S2. The molecule has 3 aliphatic rings. The van der Waals surface area contributed by atoms with Crippen LogP contribution in [-0.4, -0.2) is 38.6 Å². The molecule has 0 saturated heterocycles. The molecule has 0 unspecified atom stereocenters. The van der Waals surface area contributed by atoms with E-state index < -0.39 is 15.4 Å². The van der Waals surface area contributed by atoms with Crippen LogP contribution in [0.4, 0.5) is 5.13 Å². The maximum Gasteiger partial charge on any atom is 0.263 e. The van der Waals surface area contributed by atoms with Gasteiger partial charge in [-0.2, -0.15) is 9.64 Å². The molecule has 0 amide bonds. The van der Waals surface area contributed by atoms with E-state index in [9.17, 15) is 13.7 Å². The maximum atomic E-state index is 12.9. The van der Waals surface area contributed by atoms with Crippen molar-refractivity contribution in [1.82, 2.24) is 9.36 Å². The number of ether oxygens (including phenoxy) is 3. The molecule has 4 aromatic rings. The van der Waals surface area contributed by atoms with Crippen LogP contribution in [-0.2, 0) is 15.4 Å². The van der Waals surface area contributed by atoms with E-state index in [1.54, 1.807) is 14.2 Å². The average Bonchev–Trinajstić information content (AvgIpc) is 3.48.